The number of fused-ring (bicyclic) bond motifs is 1. The maximum Gasteiger partial charge on any atom is 0.295 e. The molecule has 2 aliphatic rings. The number of ether oxygens (including phenoxy) is 2. The van der Waals surface area contributed by atoms with Crippen molar-refractivity contribution in [3.05, 3.63) is 30.1 Å². The van der Waals surface area contributed by atoms with Gasteiger partial charge < -0.3 is 14.6 Å². The van der Waals surface area contributed by atoms with Crippen LogP contribution in [0.25, 0.3) is 11.0 Å². The Morgan fingerprint density at radius 3 is 2.77 bits per heavy atom. The van der Waals surface area contributed by atoms with E-state index in [2.05, 4.69) is 9.99 Å². The summed E-state index contributed by atoms with van der Waals surface area (Å²) in [6.07, 6.45) is -4.48. The first-order chi connectivity index (χ1) is 12.5. The first-order valence-electron chi connectivity index (χ1n) is 8.73. The quantitative estimate of drug-likeness (QED) is 0.891. The number of hydrazine groups is 1. The molecule has 1 aromatic heterocycles. The molecule has 2 aliphatic heterocycles. The molecule has 0 saturated carbocycles. The van der Waals surface area contributed by atoms with Crippen LogP contribution in [0.2, 0.25) is 0 Å². The van der Waals surface area contributed by atoms with Gasteiger partial charge in [-0.2, -0.15) is 0 Å². The first kappa shape index (κ1) is 17.7. The SMILES string of the molecule is CC1CN(N2CC(O)OC(n3c(C(F)F)nc4ccccc43)C2)CCO1. The molecule has 3 unspecified atom stereocenters. The van der Waals surface area contributed by atoms with Gasteiger partial charge in [0.05, 0.1) is 36.8 Å². The van der Waals surface area contributed by atoms with E-state index in [0.717, 1.165) is 0 Å². The topological polar surface area (TPSA) is 63.0 Å². The van der Waals surface area contributed by atoms with Crippen LogP contribution in [0.15, 0.2) is 24.3 Å². The largest absolute Gasteiger partial charge is 0.376 e. The Bertz CT molecular complexity index is 772. The first-order valence-corrected chi connectivity index (χ1v) is 8.73. The van der Waals surface area contributed by atoms with Crippen LogP contribution in [-0.4, -0.2) is 69.9 Å². The number of morpholine rings is 2. The highest BCUT2D eigenvalue weighted by Crippen LogP contribution is 2.31. The fourth-order valence-electron chi connectivity index (χ4n) is 3.65. The third-order valence-corrected chi connectivity index (χ3v) is 4.77. The average molecular weight is 368 g/mol. The van der Waals surface area contributed by atoms with Crippen LogP contribution in [0.4, 0.5) is 8.78 Å². The van der Waals surface area contributed by atoms with Crippen LogP contribution in [0.5, 0.6) is 0 Å². The minimum absolute atomic E-state index is 0.0767. The smallest absolute Gasteiger partial charge is 0.295 e. The Kier molecular flexibility index (Phi) is 4.89. The number of hydrogen-bond acceptors (Lipinski definition) is 6. The lowest BCUT2D eigenvalue weighted by Gasteiger charge is -2.45. The number of benzene rings is 1. The van der Waals surface area contributed by atoms with Crippen molar-refractivity contribution in [3.8, 4) is 0 Å². The van der Waals surface area contributed by atoms with E-state index in [-0.39, 0.29) is 11.9 Å². The lowest BCUT2D eigenvalue weighted by atomic mass is 10.3. The summed E-state index contributed by atoms with van der Waals surface area (Å²) in [7, 11) is 0. The number of imidazole rings is 1. The monoisotopic (exact) mass is 368 g/mol. The zero-order chi connectivity index (χ0) is 18.3. The molecular formula is C17H22F2N4O3. The van der Waals surface area contributed by atoms with Crippen molar-refractivity contribution in [2.75, 3.05) is 32.8 Å². The number of nitrogens with zero attached hydrogens (tertiary/aromatic N) is 4. The van der Waals surface area contributed by atoms with Crippen molar-refractivity contribution in [1.82, 2.24) is 19.6 Å². The molecule has 1 N–H and O–H groups in total. The second-order valence-corrected chi connectivity index (χ2v) is 6.64. The Hall–Kier alpha value is -1.65. The van der Waals surface area contributed by atoms with Crippen LogP contribution in [0.1, 0.15) is 25.4 Å². The van der Waals surface area contributed by atoms with Crippen molar-refractivity contribution in [2.45, 2.75) is 32.0 Å². The van der Waals surface area contributed by atoms with Gasteiger partial charge in [-0.15, -0.1) is 0 Å². The van der Waals surface area contributed by atoms with Crippen molar-refractivity contribution >= 4 is 11.0 Å². The molecule has 7 nitrogen and oxygen atoms in total. The van der Waals surface area contributed by atoms with E-state index in [1.807, 2.05) is 11.9 Å². The standard InChI is InChI=1S/C17H22F2N4O3/c1-11-8-21(6-7-25-11)22-9-14(26-15(24)10-22)23-13-5-3-2-4-12(13)20-17(23)16(18)19/h2-5,11,14-16,24H,6-10H2,1H3. The van der Waals surface area contributed by atoms with Gasteiger partial charge in [0.1, 0.15) is 0 Å². The molecule has 2 fully saturated rings. The van der Waals surface area contributed by atoms with Gasteiger partial charge in [-0.25, -0.2) is 23.8 Å². The van der Waals surface area contributed by atoms with E-state index in [1.54, 1.807) is 24.3 Å². The molecule has 142 valence electrons. The summed E-state index contributed by atoms with van der Waals surface area (Å²) in [5, 5.41) is 14.3. The summed E-state index contributed by atoms with van der Waals surface area (Å²) in [5.74, 6) is -0.347. The predicted octanol–water partition coefficient (Wildman–Crippen LogP) is 1.76. The maximum atomic E-state index is 13.6. The molecule has 0 bridgehead atoms. The highest BCUT2D eigenvalue weighted by molar-refractivity contribution is 5.76. The molecule has 2 aromatic rings. The number of aliphatic hydroxyl groups is 1. The predicted molar refractivity (Wildman–Crippen MR) is 89.4 cm³/mol. The van der Waals surface area contributed by atoms with Crippen molar-refractivity contribution in [1.29, 1.82) is 0 Å². The van der Waals surface area contributed by atoms with Gasteiger partial charge in [0, 0.05) is 13.1 Å². The van der Waals surface area contributed by atoms with Crippen LogP contribution >= 0.6 is 0 Å². The third kappa shape index (κ3) is 3.33. The normalized spacial score (nSPS) is 28.9. The summed E-state index contributed by atoms with van der Waals surface area (Å²) in [6.45, 7) is 4.60. The second kappa shape index (κ2) is 7.16. The fourth-order valence-corrected chi connectivity index (χ4v) is 3.65. The van der Waals surface area contributed by atoms with Gasteiger partial charge >= 0.3 is 0 Å². The van der Waals surface area contributed by atoms with Crippen molar-refractivity contribution in [3.63, 3.8) is 0 Å². The van der Waals surface area contributed by atoms with Crippen molar-refractivity contribution in [2.24, 2.45) is 0 Å². The maximum absolute atomic E-state index is 13.6. The highest BCUT2D eigenvalue weighted by Gasteiger charge is 2.35. The Balaban J connectivity index is 1.66. The number of rotatable bonds is 3. The van der Waals surface area contributed by atoms with E-state index in [9.17, 15) is 13.9 Å². The van der Waals surface area contributed by atoms with Gasteiger partial charge in [-0.1, -0.05) is 12.1 Å². The Morgan fingerprint density at radius 2 is 2.00 bits per heavy atom. The summed E-state index contributed by atoms with van der Waals surface area (Å²) in [6, 6.07) is 6.96. The number of alkyl halides is 2. The number of β-amino-alcohol motifs (C(OH)–C–C–N with tert-alkyl or cyclic N) is 1. The minimum Gasteiger partial charge on any atom is -0.376 e. The summed E-state index contributed by atoms with van der Waals surface area (Å²) < 4.78 is 39.7. The number of para-hydroxylation sites is 2. The molecule has 9 heteroatoms. The van der Waals surface area contributed by atoms with E-state index in [4.69, 9.17) is 9.47 Å². The van der Waals surface area contributed by atoms with Gasteiger partial charge in [0.15, 0.2) is 18.3 Å². The molecule has 0 radical (unpaired) electrons. The summed E-state index contributed by atoms with van der Waals surface area (Å²) >= 11 is 0. The number of halogens is 2. The Labute approximate surface area is 149 Å². The molecule has 2 saturated heterocycles. The molecule has 26 heavy (non-hydrogen) atoms. The zero-order valence-electron chi connectivity index (χ0n) is 14.5. The van der Waals surface area contributed by atoms with E-state index >= 15 is 0 Å². The summed E-state index contributed by atoms with van der Waals surface area (Å²) in [5.41, 5.74) is 1.05. The minimum atomic E-state index is -2.73. The number of aromatic nitrogens is 2. The van der Waals surface area contributed by atoms with E-state index in [1.165, 1.54) is 4.57 Å². The van der Waals surface area contributed by atoms with E-state index < -0.39 is 18.9 Å². The van der Waals surface area contributed by atoms with Gasteiger partial charge in [-0.05, 0) is 19.1 Å². The fraction of sp³-hybridized carbons (Fsp3) is 0.588. The van der Waals surface area contributed by atoms with Gasteiger partial charge in [0.25, 0.3) is 6.43 Å². The van der Waals surface area contributed by atoms with Crippen LogP contribution < -0.4 is 0 Å². The van der Waals surface area contributed by atoms with Gasteiger partial charge in [-0.3, -0.25) is 4.57 Å². The lowest BCUT2D eigenvalue weighted by Crippen LogP contribution is -2.57. The third-order valence-electron chi connectivity index (χ3n) is 4.77. The van der Waals surface area contributed by atoms with Crippen LogP contribution in [0, 0.1) is 0 Å². The number of aliphatic hydroxyl groups excluding tert-OH is 1. The van der Waals surface area contributed by atoms with Gasteiger partial charge in [0.2, 0.25) is 0 Å². The molecule has 4 rings (SSSR count). The number of hydrogen-bond donors (Lipinski definition) is 1. The average Bonchev–Trinajstić information content (AvgIpc) is 3.01. The molecule has 0 amide bonds. The summed E-state index contributed by atoms with van der Waals surface area (Å²) in [4.78, 5) is 4.06. The van der Waals surface area contributed by atoms with E-state index in [0.29, 0.717) is 43.8 Å². The van der Waals surface area contributed by atoms with Crippen molar-refractivity contribution < 1.29 is 23.4 Å². The lowest BCUT2D eigenvalue weighted by molar-refractivity contribution is -0.254. The van der Waals surface area contributed by atoms with Crippen LogP contribution in [-0.2, 0) is 9.47 Å². The molecule has 3 atom stereocenters. The van der Waals surface area contributed by atoms with Crippen LogP contribution in [0.3, 0.4) is 0 Å². The molecular weight excluding hydrogens is 346 g/mol. The Morgan fingerprint density at radius 1 is 1.19 bits per heavy atom. The molecule has 1 aromatic carbocycles. The molecule has 0 spiro atoms. The molecule has 3 heterocycles. The highest BCUT2D eigenvalue weighted by atomic mass is 19.3. The second-order valence-electron chi connectivity index (χ2n) is 6.64. The molecule has 0 aliphatic carbocycles. The zero-order valence-corrected chi connectivity index (χ0v) is 14.5.